The second kappa shape index (κ2) is 6.60. The number of carbonyl (C=O) groups is 2. The lowest BCUT2D eigenvalue weighted by Gasteiger charge is -2.34. The Morgan fingerprint density at radius 1 is 1.17 bits per heavy atom. The smallest absolute Gasteiger partial charge is 0.278 e. The third-order valence-electron chi connectivity index (χ3n) is 4.76. The summed E-state index contributed by atoms with van der Waals surface area (Å²) in [7, 11) is 0. The normalized spacial score (nSPS) is 25.3. The minimum atomic E-state index is -1.52. The molecule has 0 spiro atoms. The molecule has 1 aliphatic carbocycles. The number of amides is 2. The minimum absolute atomic E-state index is 0.133. The minimum Gasteiger partial charge on any atom is -0.466 e. The number of benzene rings is 1. The first-order valence-corrected chi connectivity index (χ1v) is 8.50. The molecule has 3 rings (SSSR count). The lowest BCUT2D eigenvalue weighted by molar-refractivity contribution is -0.147. The second-order valence-electron chi connectivity index (χ2n) is 6.60. The van der Waals surface area contributed by atoms with Crippen LogP contribution in [0.15, 0.2) is 24.3 Å². The number of hydrogen-bond donors (Lipinski definition) is 2. The van der Waals surface area contributed by atoms with E-state index in [0.717, 1.165) is 25.7 Å². The highest BCUT2D eigenvalue weighted by Crippen LogP contribution is 2.33. The van der Waals surface area contributed by atoms with E-state index in [0.29, 0.717) is 11.4 Å². The first-order valence-electron chi connectivity index (χ1n) is 8.50. The van der Waals surface area contributed by atoms with E-state index in [4.69, 9.17) is 4.74 Å². The van der Waals surface area contributed by atoms with Crippen LogP contribution in [0.2, 0.25) is 0 Å². The first kappa shape index (κ1) is 15.8. The number of nitrogens with one attached hydrogen (secondary N) is 2. The van der Waals surface area contributed by atoms with Gasteiger partial charge in [0.2, 0.25) is 0 Å². The van der Waals surface area contributed by atoms with E-state index in [1.54, 1.807) is 12.1 Å². The molecule has 1 aliphatic heterocycles. The van der Waals surface area contributed by atoms with Crippen molar-refractivity contribution in [2.45, 2.75) is 63.5 Å². The van der Waals surface area contributed by atoms with Crippen LogP contribution in [-0.2, 0) is 9.59 Å². The summed E-state index contributed by atoms with van der Waals surface area (Å²) in [6.07, 6.45) is 7.90. The molecular weight excluding hydrogens is 292 g/mol. The Bertz CT molecular complexity index is 594. The second-order valence-corrected chi connectivity index (χ2v) is 6.60. The molecular formula is C18H24N2O3. The van der Waals surface area contributed by atoms with Gasteiger partial charge in [-0.05, 0) is 31.9 Å². The van der Waals surface area contributed by atoms with Gasteiger partial charge in [0.05, 0.1) is 5.69 Å². The lowest BCUT2D eigenvalue weighted by Crippen LogP contribution is -2.60. The fourth-order valence-corrected chi connectivity index (χ4v) is 3.24. The highest BCUT2D eigenvalue weighted by Gasteiger charge is 2.47. The summed E-state index contributed by atoms with van der Waals surface area (Å²) in [5, 5.41) is 5.80. The number of carbonyl (C=O) groups excluding carboxylic acids is 2. The molecule has 1 heterocycles. The molecule has 0 saturated heterocycles. The zero-order valence-corrected chi connectivity index (χ0v) is 13.6. The predicted molar refractivity (Wildman–Crippen MR) is 88.4 cm³/mol. The van der Waals surface area contributed by atoms with E-state index in [1.807, 2.05) is 12.1 Å². The van der Waals surface area contributed by atoms with Crippen molar-refractivity contribution < 1.29 is 14.3 Å². The van der Waals surface area contributed by atoms with Gasteiger partial charge < -0.3 is 15.4 Å². The number of rotatable bonds is 2. The Kier molecular flexibility index (Phi) is 4.55. The summed E-state index contributed by atoms with van der Waals surface area (Å²) in [6, 6.07) is 7.30. The summed E-state index contributed by atoms with van der Waals surface area (Å²) >= 11 is 0. The maximum atomic E-state index is 12.7. The van der Waals surface area contributed by atoms with Gasteiger partial charge in [0, 0.05) is 6.04 Å². The Morgan fingerprint density at radius 3 is 2.57 bits per heavy atom. The third-order valence-corrected chi connectivity index (χ3v) is 4.76. The molecule has 1 saturated carbocycles. The Hall–Kier alpha value is -2.04. The van der Waals surface area contributed by atoms with Crippen molar-refractivity contribution in [3.05, 3.63) is 24.3 Å². The molecule has 0 bridgehead atoms. The summed E-state index contributed by atoms with van der Waals surface area (Å²) < 4.78 is 5.77. The van der Waals surface area contributed by atoms with Crippen molar-refractivity contribution in [3.8, 4) is 5.75 Å². The zero-order valence-electron chi connectivity index (χ0n) is 13.6. The van der Waals surface area contributed by atoms with Crippen LogP contribution in [0.3, 0.4) is 0 Å². The first-order chi connectivity index (χ1) is 11.1. The van der Waals surface area contributed by atoms with E-state index >= 15 is 0 Å². The maximum absolute atomic E-state index is 12.7. The van der Waals surface area contributed by atoms with E-state index in [-0.39, 0.29) is 11.9 Å². The van der Waals surface area contributed by atoms with E-state index in [2.05, 4.69) is 10.6 Å². The number of para-hydroxylation sites is 2. The standard InChI is InChI=1S/C18H24N2O3/c1-18(16(21)19-13-9-5-3-2-4-6-10-13)17(22)20-14-11-7-8-12-15(14)23-18/h7-8,11-13H,2-6,9-10H2,1H3,(H,19,21)(H,20,22). The molecule has 2 amide bonds. The van der Waals surface area contributed by atoms with E-state index in [9.17, 15) is 9.59 Å². The molecule has 1 aromatic carbocycles. The molecule has 2 N–H and O–H groups in total. The molecule has 1 atom stereocenters. The molecule has 23 heavy (non-hydrogen) atoms. The monoisotopic (exact) mass is 316 g/mol. The number of ether oxygens (including phenoxy) is 1. The van der Waals surface area contributed by atoms with Crippen LogP contribution in [0.1, 0.15) is 51.9 Å². The molecule has 5 heteroatoms. The topological polar surface area (TPSA) is 67.4 Å². The van der Waals surface area contributed by atoms with Crippen LogP contribution < -0.4 is 15.4 Å². The van der Waals surface area contributed by atoms with Crippen molar-refractivity contribution in [2.24, 2.45) is 0 Å². The van der Waals surface area contributed by atoms with Gasteiger partial charge in [0.25, 0.3) is 17.4 Å². The van der Waals surface area contributed by atoms with Crippen molar-refractivity contribution in [2.75, 3.05) is 5.32 Å². The predicted octanol–water partition coefficient (Wildman–Crippen LogP) is 3.01. The van der Waals surface area contributed by atoms with Crippen LogP contribution >= 0.6 is 0 Å². The Labute approximate surface area is 136 Å². The third kappa shape index (κ3) is 3.33. The summed E-state index contributed by atoms with van der Waals surface area (Å²) in [4.78, 5) is 25.1. The molecule has 5 nitrogen and oxygen atoms in total. The van der Waals surface area contributed by atoms with Gasteiger partial charge in [0.15, 0.2) is 0 Å². The van der Waals surface area contributed by atoms with Crippen molar-refractivity contribution >= 4 is 17.5 Å². The van der Waals surface area contributed by atoms with Crippen molar-refractivity contribution in [1.82, 2.24) is 5.32 Å². The number of anilines is 1. The van der Waals surface area contributed by atoms with Crippen LogP contribution in [-0.4, -0.2) is 23.5 Å². The molecule has 124 valence electrons. The van der Waals surface area contributed by atoms with Gasteiger partial charge >= 0.3 is 0 Å². The van der Waals surface area contributed by atoms with E-state index in [1.165, 1.54) is 26.2 Å². The molecule has 0 radical (unpaired) electrons. The lowest BCUT2D eigenvalue weighted by atomic mass is 9.95. The SMILES string of the molecule is CC1(C(=O)NC2CCCCCCC2)Oc2ccccc2NC1=O. The van der Waals surface area contributed by atoms with Crippen molar-refractivity contribution in [3.63, 3.8) is 0 Å². The summed E-state index contributed by atoms with van der Waals surface area (Å²) in [6.45, 7) is 1.54. The van der Waals surface area contributed by atoms with Gasteiger partial charge in [-0.15, -0.1) is 0 Å². The summed E-state index contributed by atoms with van der Waals surface area (Å²) in [5.74, 6) is -0.239. The number of fused-ring (bicyclic) bond motifs is 1. The van der Waals surface area contributed by atoms with Crippen LogP contribution in [0.5, 0.6) is 5.75 Å². The van der Waals surface area contributed by atoms with Crippen LogP contribution in [0.25, 0.3) is 0 Å². The van der Waals surface area contributed by atoms with Gasteiger partial charge in [-0.3, -0.25) is 9.59 Å². The zero-order chi connectivity index (χ0) is 16.3. The van der Waals surface area contributed by atoms with Gasteiger partial charge in [-0.25, -0.2) is 0 Å². The van der Waals surface area contributed by atoms with Gasteiger partial charge in [-0.2, -0.15) is 0 Å². The molecule has 2 aliphatic rings. The number of hydrogen-bond acceptors (Lipinski definition) is 3. The van der Waals surface area contributed by atoms with E-state index < -0.39 is 11.5 Å². The van der Waals surface area contributed by atoms with Gasteiger partial charge in [-0.1, -0.05) is 44.2 Å². The Balaban J connectivity index is 1.71. The molecule has 1 unspecified atom stereocenters. The quantitative estimate of drug-likeness (QED) is 0.824. The van der Waals surface area contributed by atoms with Crippen LogP contribution in [0.4, 0.5) is 5.69 Å². The van der Waals surface area contributed by atoms with Crippen LogP contribution in [0, 0.1) is 0 Å². The fraction of sp³-hybridized carbons (Fsp3) is 0.556. The largest absolute Gasteiger partial charge is 0.466 e. The van der Waals surface area contributed by atoms with Gasteiger partial charge in [0.1, 0.15) is 5.75 Å². The average Bonchev–Trinajstić information content (AvgIpc) is 2.50. The maximum Gasteiger partial charge on any atom is 0.278 e. The molecule has 1 fully saturated rings. The Morgan fingerprint density at radius 2 is 1.83 bits per heavy atom. The highest BCUT2D eigenvalue weighted by molar-refractivity contribution is 6.15. The average molecular weight is 316 g/mol. The fourth-order valence-electron chi connectivity index (χ4n) is 3.24. The molecule has 0 aromatic heterocycles. The molecule has 1 aromatic rings. The summed E-state index contributed by atoms with van der Waals surface area (Å²) in [5.41, 5.74) is -0.912. The highest BCUT2D eigenvalue weighted by atomic mass is 16.5. The van der Waals surface area contributed by atoms with Crippen molar-refractivity contribution in [1.29, 1.82) is 0 Å².